The van der Waals surface area contributed by atoms with Gasteiger partial charge in [-0.2, -0.15) is 5.26 Å². The molecular weight excluding hydrogens is 280 g/mol. The Bertz CT molecular complexity index is 657. The molecule has 2 rings (SSSR count). The third-order valence-corrected chi connectivity index (χ3v) is 3.69. The summed E-state index contributed by atoms with van der Waals surface area (Å²) in [4.78, 5) is 2.17. The lowest BCUT2D eigenvalue weighted by Gasteiger charge is -2.13. The predicted molar refractivity (Wildman–Crippen MR) is 88.5 cm³/mol. The van der Waals surface area contributed by atoms with Gasteiger partial charge in [0.2, 0.25) is 0 Å². The van der Waals surface area contributed by atoms with Crippen molar-refractivity contribution >= 4 is 11.6 Å². The van der Waals surface area contributed by atoms with Gasteiger partial charge in [0.15, 0.2) is 0 Å². The Balaban J connectivity index is 2.37. The van der Waals surface area contributed by atoms with Crippen LogP contribution in [0.5, 0.6) is 0 Å². The fourth-order valence-electron chi connectivity index (χ4n) is 2.43. The molecule has 0 aliphatic rings. The zero-order valence-electron chi connectivity index (χ0n) is 12.4. The van der Waals surface area contributed by atoms with Crippen LogP contribution in [0, 0.1) is 11.3 Å². The summed E-state index contributed by atoms with van der Waals surface area (Å²) in [5.41, 5.74) is 3.99. The first-order valence-electron chi connectivity index (χ1n) is 7.04. The molecule has 0 bridgehead atoms. The van der Waals surface area contributed by atoms with Gasteiger partial charge < -0.3 is 4.90 Å². The topological polar surface area (TPSA) is 27.0 Å². The third-order valence-electron chi connectivity index (χ3n) is 3.46. The van der Waals surface area contributed by atoms with Gasteiger partial charge in [-0.3, -0.25) is 0 Å². The van der Waals surface area contributed by atoms with Crippen LogP contribution in [-0.2, 0) is 6.42 Å². The van der Waals surface area contributed by atoms with Crippen molar-refractivity contribution in [3.8, 4) is 17.2 Å². The summed E-state index contributed by atoms with van der Waals surface area (Å²) >= 11 is 6.14. The largest absolute Gasteiger partial charge is 0.309 e. The Kier molecular flexibility index (Phi) is 5.38. The molecule has 0 aliphatic carbocycles. The number of rotatable bonds is 5. The third kappa shape index (κ3) is 4.07. The van der Waals surface area contributed by atoms with Crippen molar-refractivity contribution in [2.75, 3.05) is 20.6 Å². The van der Waals surface area contributed by atoms with Gasteiger partial charge in [0.05, 0.1) is 11.6 Å². The summed E-state index contributed by atoms with van der Waals surface area (Å²) in [6, 6.07) is 15.9. The molecule has 2 aromatic rings. The van der Waals surface area contributed by atoms with E-state index in [0.717, 1.165) is 35.5 Å². The molecule has 0 heterocycles. The zero-order valence-corrected chi connectivity index (χ0v) is 13.2. The highest BCUT2D eigenvalue weighted by atomic mass is 35.5. The van der Waals surface area contributed by atoms with Crippen molar-refractivity contribution in [3.05, 3.63) is 58.6 Å². The molecule has 0 unspecified atom stereocenters. The molecule has 0 aliphatic heterocycles. The summed E-state index contributed by atoms with van der Waals surface area (Å²) in [5, 5.41) is 10.0. The van der Waals surface area contributed by atoms with E-state index >= 15 is 0 Å². The molecule has 108 valence electrons. The molecule has 3 heteroatoms. The number of halogens is 1. The van der Waals surface area contributed by atoms with E-state index in [2.05, 4.69) is 25.1 Å². The molecule has 0 saturated heterocycles. The minimum atomic E-state index is 0.702. The van der Waals surface area contributed by atoms with Gasteiger partial charge in [-0.1, -0.05) is 35.9 Å². The van der Waals surface area contributed by atoms with Crippen LogP contribution in [0.3, 0.4) is 0 Å². The zero-order chi connectivity index (χ0) is 15.2. The van der Waals surface area contributed by atoms with Crippen molar-refractivity contribution in [1.29, 1.82) is 5.26 Å². The highest BCUT2D eigenvalue weighted by Crippen LogP contribution is 2.29. The molecule has 0 spiro atoms. The first kappa shape index (κ1) is 15.6. The molecule has 0 saturated carbocycles. The standard InChI is InChI=1S/C18H19ClN2/c1-21(2)11-5-7-14-12-16(19)9-10-18(14)17-8-4-3-6-15(17)13-20/h3-4,6,8-10,12H,5,7,11H2,1-2H3. The number of hydrogen-bond acceptors (Lipinski definition) is 2. The lowest BCUT2D eigenvalue weighted by Crippen LogP contribution is -2.13. The first-order chi connectivity index (χ1) is 10.1. The molecule has 0 atom stereocenters. The number of nitriles is 1. The predicted octanol–water partition coefficient (Wildman–Crippen LogP) is 4.37. The van der Waals surface area contributed by atoms with Crippen LogP contribution in [0.15, 0.2) is 42.5 Å². The SMILES string of the molecule is CN(C)CCCc1cc(Cl)ccc1-c1ccccc1C#N. The maximum absolute atomic E-state index is 9.29. The smallest absolute Gasteiger partial charge is 0.0998 e. The van der Waals surface area contributed by atoms with Crippen LogP contribution in [0.4, 0.5) is 0 Å². The molecule has 0 amide bonds. The van der Waals surface area contributed by atoms with Crippen molar-refractivity contribution in [2.24, 2.45) is 0 Å². The van der Waals surface area contributed by atoms with Crippen LogP contribution >= 0.6 is 11.6 Å². The highest BCUT2D eigenvalue weighted by Gasteiger charge is 2.10. The summed E-state index contributed by atoms with van der Waals surface area (Å²) in [6.07, 6.45) is 2.02. The van der Waals surface area contributed by atoms with E-state index < -0.39 is 0 Å². The number of benzene rings is 2. The average Bonchev–Trinajstić information content (AvgIpc) is 2.47. The molecule has 0 N–H and O–H groups in total. The van der Waals surface area contributed by atoms with Crippen molar-refractivity contribution in [3.63, 3.8) is 0 Å². The Morgan fingerprint density at radius 1 is 1.10 bits per heavy atom. The van der Waals surface area contributed by atoms with E-state index in [4.69, 9.17) is 11.6 Å². The Hall–Kier alpha value is -1.82. The number of nitrogens with zero attached hydrogens (tertiary/aromatic N) is 2. The van der Waals surface area contributed by atoms with E-state index in [0.29, 0.717) is 5.56 Å². The second kappa shape index (κ2) is 7.26. The van der Waals surface area contributed by atoms with Crippen LogP contribution in [0.1, 0.15) is 17.5 Å². The highest BCUT2D eigenvalue weighted by molar-refractivity contribution is 6.30. The summed E-state index contributed by atoms with van der Waals surface area (Å²) in [6.45, 7) is 1.03. The molecule has 21 heavy (non-hydrogen) atoms. The normalized spacial score (nSPS) is 10.6. The van der Waals surface area contributed by atoms with Gasteiger partial charge in [0.1, 0.15) is 0 Å². The molecule has 2 nitrogen and oxygen atoms in total. The van der Waals surface area contributed by atoms with Crippen LogP contribution in [0.2, 0.25) is 5.02 Å². The monoisotopic (exact) mass is 298 g/mol. The molecule has 0 aromatic heterocycles. The molecule has 0 radical (unpaired) electrons. The van der Waals surface area contributed by atoms with Gasteiger partial charge in [-0.05, 0) is 68.4 Å². The van der Waals surface area contributed by atoms with E-state index in [1.54, 1.807) is 0 Å². The summed E-state index contributed by atoms with van der Waals surface area (Å²) < 4.78 is 0. The van der Waals surface area contributed by atoms with E-state index in [9.17, 15) is 5.26 Å². The number of hydrogen-bond donors (Lipinski definition) is 0. The maximum atomic E-state index is 9.29. The van der Waals surface area contributed by atoms with Gasteiger partial charge in [-0.25, -0.2) is 0 Å². The average molecular weight is 299 g/mol. The molecular formula is C18H19ClN2. The number of aryl methyl sites for hydroxylation is 1. The maximum Gasteiger partial charge on any atom is 0.0998 e. The minimum absolute atomic E-state index is 0.702. The van der Waals surface area contributed by atoms with Gasteiger partial charge in [-0.15, -0.1) is 0 Å². The van der Waals surface area contributed by atoms with Crippen LogP contribution in [0.25, 0.3) is 11.1 Å². The minimum Gasteiger partial charge on any atom is -0.309 e. The van der Waals surface area contributed by atoms with E-state index in [1.165, 1.54) is 5.56 Å². The van der Waals surface area contributed by atoms with Gasteiger partial charge in [0, 0.05) is 5.02 Å². The fourth-order valence-corrected chi connectivity index (χ4v) is 2.63. The first-order valence-corrected chi connectivity index (χ1v) is 7.42. The van der Waals surface area contributed by atoms with Crippen molar-refractivity contribution < 1.29 is 0 Å². The molecule has 0 fully saturated rings. The molecule has 2 aromatic carbocycles. The van der Waals surface area contributed by atoms with Gasteiger partial charge in [0.25, 0.3) is 0 Å². The fraction of sp³-hybridized carbons (Fsp3) is 0.278. The van der Waals surface area contributed by atoms with Crippen molar-refractivity contribution in [1.82, 2.24) is 4.90 Å². The Morgan fingerprint density at radius 2 is 1.86 bits per heavy atom. The Morgan fingerprint density at radius 3 is 2.57 bits per heavy atom. The van der Waals surface area contributed by atoms with Crippen LogP contribution < -0.4 is 0 Å². The Labute approximate surface area is 131 Å². The lowest BCUT2D eigenvalue weighted by atomic mass is 9.93. The second-order valence-corrected chi connectivity index (χ2v) is 5.80. The van der Waals surface area contributed by atoms with Crippen molar-refractivity contribution in [2.45, 2.75) is 12.8 Å². The van der Waals surface area contributed by atoms with E-state index in [1.807, 2.05) is 42.5 Å². The quantitative estimate of drug-likeness (QED) is 0.819. The summed E-state index contributed by atoms with van der Waals surface area (Å²) in [7, 11) is 4.15. The van der Waals surface area contributed by atoms with E-state index in [-0.39, 0.29) is 0 Å². The lowest BCUT2D eigenvalue weighted by molar-refractivity contribution is 0.400. The second-order valence-electron chi connectivity index (χ2n) is 5.37. The summed E-state index contributed by atoms with van der Waals surface area (Å²) in [5.74, 6) is 0. The van der Waals surface area contributed by atoms with Crippen LogP contribution in [-0.4, -0.2) is 25.5 Å². The van der Waals surface area contributed by atoms with Gasteiger partial charge >= 0.3 is 0 Å².